The number of aromatic nitrogens is 4. The second kappa shape index (κ2) is 6.60. The van der Waals surface area contributed by atoms with Crippen molar-refractivity contribution in [1.82, 2.24) is 23.6 Å². The summed E-state index contributed by atoms with van der Waals surface area (Å²) < 4.78 is 18.7. The van der Waals surface area contributed by atoms with Crippen LogP contribution in [0.1, 0.15) is 30.9 Å². The van der Waals surface area contributed by atoms with Gasteiger partial charge in [-0.3, -0.25) is 4.68 Å². The summed E-state index contributed by atoms with van der Waals surface area (Å²) in [5.74, 6) is 0.189. The molecular weight excluding hydrogens is 398 g/mol. The zero-order valence-electron chi connectivity index (χ0n) is 16.9. The first-order chi connectivity index (χ1) is 14.6. The maximum absolute atomic E-state index is 12.8. The van der Waals surface area contributed by atoms with Crippen molar-refractivity contribution in [3.63, 3.8) is 0 Å². The molecule has 1 saturated carbocycles. The number of fused-ring (bicyclic) bond motifs is 3. The number of aliphatic hydroxyl groups is 1. The SMILES string of the molecule is Cn1ccc(S(=O)N2CCC3(CC2)CC(C2c4ccccc4-c4cncn42)C3O)n1. The average Bonchev–Trinajstić information content (AvgIpc) is 3.48. The number of piperidine rings is 1. The van der Waals surface area contributed by atoms with Crippen molar-refractivity contribution in [2.75, 3.05) is 13.1 Å². The van der Waals surface area contributed by atoms with Gasteiger partial charge in [-0.15, -0.1) is 0 Å². The van der Waals surface area contributed by atoms with Crippen molar-refractivity contribution in [2.24, 2.45) is 18.4 Å². The van der Waals surface area contributed by atoms with E-state index in [1.54, 1.807) is 4.68 Å². The van der Waals surface area contributed by atoms with Crippen LogP contribution in [0.25, 0.3) is 11.3 Å². The fourth-order valence-electron chi connectivity index (χ4n) is 5.81. The summed E-state index contributed by atoms with van der Waals surface area (Å²) in [4.78, 5) is 4.36. The minimum Gasteiger partial charge on any atom is -0.392 e. The highest BCUT2D eigenvalue weighted by molar-refractivity contribution is 7.82. The molecule has 1 aromatic carbocycles. The van der Waals surface area contributed by atoms with Gasteiger partial charge in [0, 0.05) is 37.8 Å². The molecule has 1 saturated heterocycles. The lowest BCUT2D eigenvalue weighted by atomic mass is 9.53. The van der Waals surface area contributed by atoms with E-state index in [1.807, 2.05) is 36.1 Å². The van der Waals surface area contributed by atoms with Gasteiger partial charge in [0.25, 0.3) is 0 Å². The van der Waals surface area contributed by atoms with Crippen LogP contribution in [0.2, 0.25) is 0 Å². The average molecular weight is 424 g/mol. The lowest BCUT2D eigenvalue weighted by molar-refractivity contribution is -0.152. The van der Waals surface area contributed by atoms with Crippen molar-refractivity contribution >= 4 is 11.0 Å². The minimum atomic E-state index is -1.23. The molecule has 8 heteroatoms. The lowest BCUT2D eigenvalue weighted by Gasteiger charge is -2.57. The Kier molecular flexibility index (Phi) is 4.07. The summed E-state index contributed by atoms with van der Waals surface area (Å²) in [5, 5.41) is 16.2. The van der Waals surface area contributed by atoms with Crippen LogP contribution in [0, 0.1) is 11.3 Å². The van der Waals surface area contributed by atoms with Crippen LogP contribution in [0.4, 0.5) is 0 Å². The van der Waals surface area contributed by atoms with E-state index in [0.29, 0.717) is 5.03 Å². The fourth-order valence-corrected chi connectivity index (χ4v) is 6.96. The van der Waals surface area contributed by atoms with Crippen molar-refractivity contribution in [3.05, 3.63) is 54.6 Å². The van der Waals surface area contributed by atoms with Gasteiger partial charge in [-0.25, -0.2) is 13.5 Å². The van der Waals surface area contributed by atoms with Gasteiger partial charge in [-0.05, 0) is 36.3 Å². The number of hydrogen-bond donors (Lipinski definition) is 1. The molecule has 0 radical (unpaired) electrons. The van der Waals surface area contributed by atoms with Gasteiger partial charge < -0.3 is 9.67 Å². The lowest BCUT2D eigenvalue weighted by Crippen LogP contribution is -2.59. The molecule has 2 aliphatic heterocycles. The number of rotatable bonds is 3. The Bertz CT molecular complexity index is 1130. The highest BCUT2D eigenvalue weighted by Gasteiger charge is 2.58. The molecule has 6 rings (SSSR count). The molecule has 30 heavy (non-hydrogen) atoms. The van der Waals surface area contributed by atoms with E-state index in [4.69, 9.17) is 0 Å². The quantitative estimate of drug-likeness (QED) is 0.702. The molecule has 4 heterocycles. The van der Waals surface area contributed by atoms with E-state index in [-0.39, 0.29) is 23.5 Å². The van der Waals surface area contributed by atoms with E-state index in [1.165, 1.54) is 11.1 Å². The highest BCUT2D eigenvalue weighted by atomic mass is 32.2. The Morgan fingerprint density at radius 1 is 1.20 bits per heavy atom. The molecule has 4 unspecified atom stereocenters. The Balaban J connectivity index is 1.19. The fraction of sp³-hybridized carbons (Fsp3) is 0.455. The third kappa shape index (κ3) is 2.53. The monoisotopic (exact) mass is 423 g/mol. The summed E-state index contributed by atoms with van der Waals surface area (Å²) in [6.45, 7) is 1.45. The first-order valence-electron chi connectivity index (χ1n) is 10.5. The van der Waals surface area contributed by atoms with E-state index in [0.717, 1.165) is 38.0 Å². The Hall–Kier alpha value is -2.29. The molecule has 2 fully saturated rings. The Labute approximate surface area is 177 Å². The molecule has 0 bridgehead atoms. The van der Waals surface area contributed by atoms with E-state index < -0.39 is 11.0 Å². The summed E-state index contributed by atoms with van der Waals surface area (Å²) in [5.41, 5.74) is 3.61. The number of benzene rings is 1. The highest BCUT2D eigenvalue weighted by Crippen LogP contribution is 2.59. The van der Waals surface area contributed by atoms with E-state index >= 15 is 0 Å². The van der Waals surface area contributed by atoms with Gasteiger partial charge in [0.15, 0.2) is 5.03 Å². The second-order valence-corrected chi connectivity index (χ2v) is 10.3. The second-order valence-electron chi connectivity index (χ2n) is 8.90. The zero-order valence-corrected chi connectivity index (χ0v) is 17.7. The normalized spacial score (nSPS) is 28.1. The standard InChI is InChI=1S/C22H25N5O2S/c1-25-9-6-19(24-25)30(29)26-10-7-22(8-11-26)12-17(21(22)28)20-16-5-3-2-4-15(16)18-13-23-14-27(18)20/h2-6,9,13-14,17,20-21,28H,7-8,10-12H2,1H3. The number of imidazole rings is 1. The van der Waals surface area contributed by atoms with Gasteiger partial charge >= 0.3 is 0 Å². The van der Waals surface area contributed by atoms with Gasteiger partial charge in [0.1, 0.15) is 11.0 Å². The number of nitrogens with zero attached hydrogens (tertiary/aromatic N) is 5. The van der Waals surface area contributed by atoms with Gasteiger partial charge in [0.2, 0.25) is 0 Å². The molecule has 2 aromatic heterocycles. The van der Waals surface area contributed by atoms with Crippen molar-refractivity contribution in [2.45, 2.75) is 36.4 Å². The van der Waals surface area contributed by atoms with Crippen LogP contribution in [0.3, 0.4) is 0 Å². The van der Waals surface area contributed by atoms with Gasteiger partial charge in [-0.2, -0.15) is 5.10 Å². The van der Waals surface area contributed by atoms with Crippen LogP contribution < -0.4 is 0 Å². The van der Waals surface area contributed by atoms with Gasteiger partial charge in [0.05, 0.1) is 30.4 Å². The number of aliphatic hydroxyl groups excluding tert-OH is 1. The smallest absolute Gasteiger partial charge is 0.164 e. The molecule has 3 aromatic rings. The first kappa shape index (κ1) is 18.5. The maximum Gasteiger partial charge on any atom is 0.164 e. The molecule has 156 valence electrons. The summed E-state index contributed by atoms with van der Waals surface area (Å²) in [7, 11) is 0.608. The van der Waals surface area contributed by atoms with E-state index in [2.05, 4.69) is 38.9 Å². The predicted octanol–water partition coefficient (Wildman–Crippen LogP) is 2.37. The van der Waals surface area contributed by atoms with Gasteiger partial charge in [-0.1, -0.05) is 24.3 Å². The van der Waals surface area contributed by atoms with Crippen molar-refractivity contribution in [3.8, 4) is 11.3 Å². The topological polar surface area (TPSA) is 76.2 Å². The van der Waals surface area contributed by atoms with Crippen molar-refractivity contribution in [1.29, 1.82) is 0 Å². The van der Waals surface area contributed by atoms with Crippen LogP contribution in [-0.2, 0) is 18.0 Å². The molecule has 1 aliphatic carbocycles. The molecule has 7 nitrogen and oxygen atoms in total. The first-order valence-corrected chi connectivity index (χ1v) is 11.6. The molecule has 0 amide bonds. The third-order valence-electron chi connectivity index (χ3n) is 7.42. The summed E-state index contributed by atoms with van der Waals surface area (Å²) >= 11 is 0. The predicted molar refractivity (Wildman–Crippen MR) is 113 cm³/mol. The van der Waals surface area contributed by atoms with E-state index in [9.17, 15) is 9.32 Å². The number of aryl methyl sites for hydroxylation is 1. The van der Waals surface area contributed by atoms with Crippen LogP contribution in [-0.4, -0.2) is 52.1 Å². The summed E-state index contributed by atoms with van der Waals surface area (Å²) in [6.07, 6.45) is 8.02. The Morgan fingerprint density at radius 2 is 2.00 bits per heavy atom. The number of hydrogen-bond acceptors (Lipinski definition) is 4. The Morgan fingerprint density at radius 3 is 2.73 bits per heavy atom. The summed E-state index contributed by atoms with van der Waals surface area (Å²) in [6, 6.07) is 10.4. The molecule has 1 spiro atoms. The molecule has 3 aliphatic rings. The molecule has 1 N–H and O–H groups in total. The largest absolute Gasteiger partial charge is 0.392 e. The molecule has 4 atom stereocenters. The van der Waals surface area contributed by atoms with Crippen LogP contribution in [0.5, 0.6) is 0 Å². The third-order valence-corrected chi connectivity index (χ3v) is 8.83. The maximum atomic E-state index is 12.8. The molecular formula is C22H25N5O2S. The van der Waals surface area contributed by atoms with Crippen LogP contribution >= 0.6 is 0 Å². The minimum absolute atomic E-state index is 0.0617. The van der Waals surface area contributed by atoms with Crippen LogP contribution in [0.15, 0.2) is 54.1 Å². The zero-order chi connectivity index (χ0) is 20.5. The van der Waals surface area contributed by atoms with Crippen molar-refractivity contribution < 1.29 is 9.32 Å².